The van der Waals surface area contributed by atoms with Gasteiger partial charge < -0.3 is 9.80 Å². The molecule has 2 amide bonds. The van der Waals surface area contributed by atoms with Crippen LogP contribution in [0.5, 0.6) is 0 Å². The highest BCUT2D eigenvalue weighted by atomic mass is 16.2. The number of piperazine rings is 1. The summed E-state index contributed by atoms with van der Waals surface area (Å²) >= 11 is 0. The van der Waals surface area contributed by atoms with Gasteiger partial charge in [0.25, 0.3) is 5.91 Å². The van der Waals surface area contributed by atoms with Gasteiger partial charge in [-0.25, -0.2) is 4.68 Å². The van der Waals surface area contributed by atoms with Crippen LogP contribution in [0.4, 0.5) is 0 Å². The Morgan fingerprint density at radius 3 is 2.24 bits per heavy atom. The quantitative estimate of drug-likeness (QED) is 0.704. The summed E-state index contributed by atoms with van der Waals surface area (Å²) in [6.07, 6.45) is 3.51. The monoisotopic (exact) mass is 449 g/mol. The van der Waals surface area contributed by atoms with Crippen LogP contribution in [-0.2, 0) is 4.79 Å². The van der Waals surface area contributed by atoms with E-state index in [1.807, 2.05) is 50.9 Å². The Morgan fingerprint density at radius 1 is 0.939 bits per heavy atom. The molecule has 1 aromatic carbocycles. The number of rotatable bonds is 5. The lowest BCUT2D eigenvalue weighted by molar-refractivity contribution is -0.135. The Hall–Kier alpha value is -2.67. The highest BCUT2D eigenvalue weighted by Gasteiger charge is 2.32. The summed E-state index contributed by atoms with van der Waals surface area (Å²) in [7, 11) is 0. The van der Waals surface area contributed by atoms with Crippen LogP contribution < -0.4 is 0 Å². The Kier molecular flexibility index (Phi) is 6.23. The summed E-state index contributed by atoms with van der Waals surface area (Å²) in [5.41, 5.74) is 2.59. The second kappa shape index (κ2) is 9.29. The molecule has 0 spiro atoms. The van der Waals surface area contributed by atoms with Crippen LogP contribution in [-0.4, -0.2) is 82.1 Å². The van der Waals surface area contributed by atoms with Gasteiger partial charge in [-0.2, -0.15) is 5.10 Å². The fourth-order valence-electron chi connectivity index (χ4n) is 5.33. The van der Waals surface area contributed by atoms with Gasteiger partial charge in [0.2, 0.25) is 5.91 Å². The summed E-state index contributed by atoms with van der Waals surface area (Å²) in [4.78, 5) is 32.5. The summed E-state index contributed by atoms with van der Waals surface area (Å²) in [5, 5.41) is 4.79. The van der Waals surface area contributed by atoms with Crippen LogP contribution in [0, 0.1) is 11.8 Å². The van der Waals surface area contributed by atoms with Crippen LogP contribution in [0.2, 0.25) is 0 Å². The van der Waals surface area contributed by atoms with Crippen molar-refractivity contribution in [3.63, 3.8) is 0 Å². The predicted molar refractivity (Wildman–Crippen MR) is 127 cm³/mol. The molecule has 0 bridgehead atoms. The molecule has 2 atom stereocenters. The normalized spacial score (nSPS) is 24.2. The van der Waals surface area contributed by atoms with Gasteiger partial charge in [-0.15, -0.1) is 0 Å². The molecule has 3 fully saturated rings. The number of nitrogens with zero attached hydrogens (tertiary/aromatic N) is 5. The molecule has 1 aromatic heterocycles. The average Bonchev–Trinajstić information content (AvgIpc) is 3.57. The molecular formula is C26H35N5O2. The standard InChI is InChI=1S/C26H35N5O2/c1-19-14-20(2)17-30(16-19)25(32)18-28-10-12-29(13-11-28)26(33)24-15-23(21-8-9-21)27-31(24)22-6-4-3-5-7-22/h3-7,15,19-21H,8-14,16-18H2,1-2H3/t19-,20-/m1/s1. The number of amides is 2. The van der Waals surface area contributed by atoms with Gasteiger partial charge in [-0.05, 0) is 49.3 Å². The summed E-state index contributed by atoms with van der Waals surface area (Å²) in [6.45, 7) is 9.38. The lowest BCUT2D eigenvalue weighted by Crippen LogP contribution is -2.53. The topological polar surface area (TPSA) is 61.7 Å². The van der Waals surface area contributed by atoms with E-state index in [4.69, 9.17) is 5.10 Å². The van der Waals surface area contributed by atoms with Gasteiger partial charge in [0, 0.05) is 45.2 Å². The highest BCUT2D eigenvalue weighted by Crippen LogP contribution is 2.40. The smallest absolute Gasteiger partial charge is 0.272 e. The number of likely N-dealkylation sites (tertiary alicyclic amines) is 1. The molecule has 1 aliphatic carbocycles. The van der Waals surface area contributed by atoms with Crippen molar-refractivity contribution >= 4 is 11.8 Å². The zero-order valence-corrected chi connectivity index (χ0v) is 19.8. The summed E-state index contributed by atoms with van der Waals surface area (Å²) < 4.78 is 1.81. The first-order valence-electron chi connectivity index (χ1n) is 12.4. The van der Waals surface area contributed by atoms with Crippen molar-refractivity contribution in [2.75, 3.05) is 45.8 Å². The summed E-state index contributed by atoms with van der Waals surface area (Å²) in [6, 6.07) is 11.9. The van der Waals surface area contributed by atoms with Gasteiger partial charge in [-0.3, -0.25) is 14.5 Å². The van der Waals surface area contributed by atoms with E-state index in [0.717, 1.165) is 50.4 Å². The SMILES string of the molecule is C[C@@H]1C[C@@H](C)CN(C(=O)CN2CCN(C(=O)c3cc(C4CC4)nn3-c3ccccc3)CC2)C1. The van der Waals surface area contributed by atoms with Crippen molar-refractivity contribution in [3.05, 3.63) is 47.8 Å². The molecule has 0 radical (unpaired) electrons. The fraction of sp³-hybridized carbons (Fsp3) is 0.577. The minimum absolute atomic E-state index is 0.0305. The second-order valence-corrected chi connectivity index (χ2v) is 10.3. The molecule has 1 saturated carbocycles. The van der Waals surface area contributed by atoms with Gasteiger partial charge in [0.05, 0.1) is 17.9 Å². The third-order valence-corrected chi connectivity index (χ3v) is 7.18. The minimum atomic E-state index is 0.0305. The molecule has 7 nitrogen and oxygen atoms in total. The molecule has 2 aliphatic heterocycles. The average molecular weight is 450 g/mol. The second-order valence-electron chi connectivity index (χ2n) is 10.3. The number of aromatic nitrogens is 2. The van der Waals surface area contributed by atoms with E-state index < -0.39 is 0 Å². The van der Waals surface area contributed by atoms with E-state index in [-0.39, 0.29) is 11.8 Å². The summed E-state index contributed by atoms with van der Waals surface area (Å²) in [5.74, 6) is 1.89. The van der Waals surface area contributed by atoms with E-state index in [2.05, 4.69) is 18.7 Å². The maximum absolute atomic E-state index is 13.5. The van der Waals surface area contributed by atoms with E-state index >= 15 is 0 Å². The number of hydrogen-bond acceptors (Lipinski definition) is 4. The number of benzene rings is 1. The molecule has 2 aromatic rings. The molecule has 0 N–H and O–H groups in total. The third-order valence-electron chi connectivity index (χ3n) is 7.18. The van der Waals surface area contributed by atoms with Gasteiger partial charge >= 0.3 is 0 Å². The van der Waals surface area contributed by atoms with Crippen molar-refractivity contribution in [3.8, 4) is 5.69 Å². The van der Waals surface area contributed by atoms with E-state index in [1.165, 1.54) is 6.42 Å². The van der Waals surface area contributed by atoms with Crippen molar-refractivity contribution in [2.24, 2.45) is 11.8 Å². The Bertz CT molecular complexity index is 981. The van der Waals surface area contributed by atoms with Gasteiger partial charge in [0.1, 0.15) is 5.69 Å². The van der Waals surface area contributed by atoms with E-state index in [0.29, 0.717) is 43.1 Å². The molecular weight excluding hydrogens is 414 g/mol. The predicted octanol–water partition coefficient (Wildman–Crippen LogP) is 3.01. The molecule has 176 valence electrons. The lowest BCUT2D eigenvalue weighted by atomic mass is 9.92. The largest absolute Gasteiger partial charge is 0.341 e. The molecule has 0 unspecified atom stereocenters. The van der Waals surface area contributed by atoms with E-state index in [9.17, 15) is 9.59 Å². The molecule has 7 heteroatoms. The first kappa shape index (κ1) is 22.1. The molecule has 33 heavy (non-hydrogen) atoms. The zero-order chi connectivity index (χ0) is 22.9. The van der Waals surface area contributed by atoms with E-state index in [1.54, 1.807) is 0 Å². The molecule has 3 heterocycles. The van der Waals surface area contributed by atoms with Crippen molar-refractivity contribution in [1.29, 1.82) is 0 Å². The number of piperidine rings is 1. The van der Waals surface area contributed by atoms with Crippen LogP contribution in [0.3, 0.4) is 0 Å². The van der Waals surface area contributed by atoms with Gasteiger partial charge in [0.15, 0.2) is 0 Å². The molecule has 2 saturated heterocycles. The zero-order valence-electron chi connectivity index (χ0n) is 19.8. The third kappa shape index (κ3) is 4.98. The fourth-order valence-corrected chi connectivity index (χ4v) is 5.33. The van der Waals surface area contributed by atoms with Crippen LogP contribution in [0.25, 0.3) is 5.69 Å². The van der Waals surface area contributed by atoms with Crippen molar-refractivity contribution < 1.29 is 9.59 Å². The Morgan fingerprint density at radius 2 is 1.61 bits per heavy atom. The molecule has 3 aliphatic rings. The molecule has 5 rings (SSSR count). The first-order valence-corrected chi connectivity index (χ1v) is 12.4. The first-order chi connectivity index (χ1) is 16.0. The Labute approximate surface area is 196 Å². The minimum Gasteiger partial charge on any atom is -0.341 e. The van der Waals surface area contributed by atoms with Crippen molar-refractivity contribution in [1.82, 2.24) is 24.5 Å². The number of carbonyl (C=O) groups excluding carboxylic acids is 2. The number of hydrogen-bond donors (Lipinski definition) is 0. The number of carbonyl (C=O) groups is 2. The van der Waals surface area contributed by atoms with Gasteiger partial charge in [-0.1, -0.05) is 32.0 Å². The van der Waals surface area contributed by atoms with Crippen LogP contribution >= 0.6 is 0 Å². The van der Waals surface area contributed by atoms with Crippen LogP contribution in [0.15, 0.2) is 36.4 Å². The highest BCUT2D eigenvalue weighted by molar-refractivity contribution is 5.93. The maximum atomic E-state index is 13.5. The lowest BCUT2D eigenvalue weighted by Gasteiger charge is -2.38. The van der Waals surface area contributed by atoms with Crippen LogP contribution in [0.1, 0.15) is 55.2 Å². The van der Waals surface area contributed by atoms with Crippen molar-refractivity contribution in [2.45, 2.75) is 39.0 Å². The number of para-hydroxylation sites is 1. The maximum Gasteiger partial charge on any atom is 0.272 e. The Balaban J connectivity index is 1.22.